The molecule has 0 saturated carbocycles. The topological polar surface area (TPSA) is 58.1 Å². The van der Waals surface area contributed by atoms with Crippen molar-refractivity contribution >= 4 is 11.7 Å². The summed E-state index contributed by atoms with van der Waals surface area (Å²) in [4.78, 5) is 20.3. The monoisotopic (exact) mass is 210 g/mol. The van der Waals surface area contributed by atoms with E-state index in [9.17, 15) is 9.18 Å². The second kappa shape index (κ2) is 3.80. The Morgan fingerprint density at radius 1 is 1.60 bits per heavy atom. The summed E-state index contributed by atoms with van der Waals surface area (Å²) in [5.41, 5.74) is 0. The van der Waals surface area contributed by atoms with Crippen LogP contribution in [0.2, 0.25) is 0 Å². The lowest BCUT2D eigenvalue weighted by molar-refractivity contribution is -0.127. The van der Waals surface area contributed by atoms with Crippen LogP contribution in [0.25, 0.3) is 0 Å². The van der Waals surface area contributed by atoms with E-state index in [2.05, 4.69) is 15.3 Å². The van der Waals surface area contributed by atoms with Gasteiger partial charge < -0.3 is 10.2 Å². The number of anilines is 1. The number of carbonyl (C=O) groups excluding carboxylic acids is 1. The summed E-state index contributed by atoms with van der Waals surface area (Å²) in [5.74, 6) is -0.253. The third kappa shape index (κ3) is 2.03. The molecule has 1 unspecified atom stereocenters. The first-order chi connectivity index (χ1) is 7.16. The van der Waals surface area contributed by atoms with Crippen LogP contribution in [0, 0.1) is 5.95 Å². The highest BCUT2D eigenvalue weighted by Gasteiger charge is 2.28. The zero-order valence-corrected chi connectivity index (χ0v) is 8.27. The van der Waals surface area contributed by atoms with E-state index in [1.54, 1.807) is 11.9 Å². The molecule has 5 nitrogen and oxygen atoms in total. The smallest absolute Gasteiger partial charge is 0.244 e. The number of likely N-dealkylation sites (N-methyl/N-ethyl adjacent to an activating group) is 1. The number of nitrogens with zero attached hydrogens (tertiary/aromatic N) is 3. The average molecular weight is 210 g/mol. The molecule has 2 rings (SSSR count). The van der Waals surface area contributed by atoms with Gasteiger partial charge in [0.1, 0.15) is 18.2 Å². The number of aromatic nitrogens is 2. The predicted octanol–water partition coefficient (Wildman–Crippen LogP) is 0.258. The molecule has 1 fully saturated rings. The SMILES string of the molecule is CN1CCC(Nc2cc(F)ncn2)C1=O. The Kier molecular flexibility index (Phi) is 2.49. The van der Waals surface area contributed by atoms with Crippen molar-refractivity contribution < 1.29 is 9.18 Å². The van der Waals surface area contributed by atoms with Gasteiger partial charge in [0.05, 0.1) is 0 Å². The molecule has 1 N–H and O–H groups in total. The fourth-order valence-electron chi connectivity index (χ4n) is 1.55. The minimum absolute atomic E-state index is 0.00835. The molecule has 1 atom stereocenters. The van der Waals surface area contributed by atoms with E-state index in [1.165, 1.54) is 6.07 Å². The van der Waals surface area contributed by atoms with Crippen molar-refractivity contribution in [2.45, 2.75) is 12.5 Å². The molecule has 0 aliphatic carbocycles. The molecule has 1 aromatic rings. The molecule has 0 aromatic carbocycles. The van der Waals surface area contributed by atoms with E-state index in [-0.39, 0.29) is 11.9 Å². The molecule has 0 bridgehead atoms. The average Bonchev–Trinajstić information content (AvgIpc) is 2.50. The lowest BCUT2D eigenvalue weighted by Gasteiger charge is -2.12. The van der Waals surface area contributed by atoms with Gasteiger partial charge in [-0.05, 0) is 6.42 Å². The predicted molar refractivity (Wildman–Crippen MR) is 51.7 cm³/mol. The fourth-order valence-corrected chi connectivity index (χ4v) is 1.55. The Bertz CT molecular complexity index is 384. The molecule has 1 aliphatic rings. The maximum atomic E-state index is 12.7. The minimum Gasteiger partial charge on any atom is -0.358 e. The number of amides is 1. The van der Waals surface area contributed by atoms with Crippen molar-refractivity contribution in [2.24, 2.45) is 0 Å². The summed E-state index contributed by atoms with van der Waals surface area (Å²) >= 11 is 0. The molecule has 2 heterocycles. The Balaban J connectivity index is 2.06. The highest BCUT2D eigenvalue weighted by Crippen LogP contribution is 2.13. The van der Waals surface area contributed by atoms with Gasteiger partial charge in [-0.2, -0.15) is 4.39 Å². The third-order valence-corrected chi connectivity index (χ3v) is 2.38. The van der Waals surface area contributed by atoms with E-state index in [0.29, 0.717) is 18.8 Å². The summed E-state index contributed by atoms with van der Waals surface area (Å²) in [5, 5.41) is 2.88. The number of halogens is 1. The van der Waals surface area contributed by atoms with Crippen molar-refractivity contribution in [3.63, 3.8) is 0 Å². The van der Waals surface area contributed by atoms with Gasteiger partial charge in [-0.25, -0.2) is 9.97 Å². The van der Waals surface area contributed by atoms with Crippen LogP contribution in [0.3, 0.4) is 0 Å². The van der Waals surface area contributed by atoms with Gasteiger partial charge in [0.2, 0.25) is 11.9 Å². The normalized spacial score (nSPS) is 20.8. The molecule has 15 heavy (non-hydrogen) atoms. The highest BCUT2D eigenvalue weighted by molar-refractivity contribution is 5.86. The van der Waals surface area contributed by atoms with Crippen molar-refractivity contribution in [1.82, 2.24) is 14.9 Å². The molecule has 0 spiro atoms. The Hall–Kier alpha value is -1.72. The molecular weight excluding hydrogens is 199 g/mol. The zero-order valence-electron chi connectivity index (χ0n) is 8.27. The Labute approximate surface area is 86.3 Å². The third-order valence-electron chi connectivity index (χ3n) is 2.38. The Morgan fingerprint density at radius 3 is 3.00 bits per heavy atom. The molecule has 80 valence electrons. The van der Waals surface area contributed by atoms with Crippen LogP contribution in [0.15, 0.2) is 12.4 Å². The van der Waals surface area contributed by atoms with Crippen molar-refractivity contribution in [3.8, 4) is 0 Å². The number of likely N-dealkylation sites (tertiary alicyclic amines) is 1. The van der Waals surface area contributed by atoms with Crippen molar-refractivity contribution in [3.05, 3.63) is 18.3 Å². The second-order valence-electron chi connectivity index (χ2n) is 3.47. The van der Waals surface area contributed by atoms with Gasteiger partial charge >= 0.3 is 0 Å². The maximum Gasteiger partial charge on any atom is 0.244 e. The molecule has 0 radical (unpaired) electrons. The Morgan fingerprint density at radius 2 is 2.40 bits per heavy atom. The largest absolute Gasteiger partial charge is 0.358 e. The van der Waals surface area contributed by atoms with E-state index < -0.39 is 5.95 Å². The fraction of sp³-hybridized carbons (Fsp3) is 0.444. The highest BCUT2D eigenvalue weighted by atomic mass is 19.1. The number of nitrogens with one attached hydrogen (secondary N) is 1. The summed E-state index contributed by atoms with van der Waals surface area (Å²) in [6.45, 7) is 0.712. The summed E-state index contributed by atoms with van der Waals surface area (Å²) in [7, 11) is 1.74. The van der Waals surface area contributed by atoms with E-state index in [4.69, 9.17) is 0 Å². The van der Waals surface area contributed by atoms with Crippen LogP contribution >= 0.6 is 0 Å². The number of hydrogen-bond donors (Lipinski definition) is 1. The molecule has 1 aromatic heterocycles. The number of carbonyl (C=O) groups is 1. The van der Waals surface area contributed by atoms with Gasteiger partial charge in [0, 0.05) is 19.7 Å². The minimum atomic E-state index is -0.605. The summed E-state index contributed by atoms with van der Waals surface area (Å²) < 4.78 is 12.7. The number of hydrogen-bond acceptors (Lipinski definition) is 4. The van der Waals surface area contributed by atoms with Gasteiger partial charge in [0.15, 0.2) is 0 Å². The first kappa shape index (κ1) is 9.82. The van der Waals surface area contributed by atoms with Crippen LogP contribution in [0.1, 0.15) is 6.42 Å². The van der Waals surface area contributed by atoms with E-state index >= 15 is 0 Å². The lowest BCUT2D eigenvalue weighted by atomic mass is 10.2. The van der Waals surface area contributed by atoms with E-state index in [1.807, 2.05) is 0 Å². The van der Waals surface area contributed by atoms with Crippen molar-refractivity contribution in [2.75, 3.05) is 18.9 Å². The first-order valence-electron chi connectivity index (χ1n) is 4.66. The van der Waals surface area contributed by atoms with Gasteiger partial charge in [-0.3, -0.25) is 4.79 Å². The van der Waals surface area contributed by atoms with Gasteiger partial charge in [-0.15, -0.1) is 0 Å². The first-order valence-corrected chi connectivity index (χ1v) is 4.66. The second-order valence-corrected chi connectivity index (χ2v) is 3.47. The molecule has 1 saturated heterocycles. The summed E-state index contributed by atoms with van der Waals surface area (Å²) in [6, 6.07) is 0.871. The van der Waals surface area contributed by atoms with Crippen LogP contribution in [0.4, 0.5) is 10.2 Å². The lowest BCUT2D eigenvalue weighted by Crippen LogP contribution is -2.31. The molecule has 1 amide bonds. The van der Waals surface area contributed by atoms with Crippen LogP contribution in [-0.2, 0) is 4.79 Å². The van der Waals surface area contributed by atoms with Crippen molar-refractivity contribution in [1.29, 1.82) is 0 Å². The summed E-state index contributed by atoms with van der Waals surface area (Å²) in [6.07, 6.45) is 1.84. The van der Waals surface area contributed by atoms with Crippen LogP contribution in [0.5, 0.6) is 0 Å². The van der Waals surface area contributed by atoms with Crippen LogP contribution in [-0.4, -0.2) is 40.4 Å². The number of rotatable bonds is 2. The standard InChI is InChI=1S/C9H11FN4O/c1-14-3-2-6(9(14)15)13-8-4-7(10)11-5-12-8/h4-6H,2-3H2,1H3,(H,11,12,13). The molecule has 1 aliphatic heterocycles. The van der Waals surface area contributed by atoms with Gasteiger partial charge in [0.25, 0.3) is 0 Å². The zero-order chi connectivity index (χ0) is 10.8. The van der Waals surface area contributed by atoms with Crippen LogP contribution < -0.4 is 5.32 Å². The molecular formula is C9H11FN4O. The molecule has 6 heteroatoms. The van der Waals surface area contributed by atoms with Gasteiger partial charge in [-0.1, -0.05) is 0 Å². The quantitative estimate of drug-likeness (QED) is 0.711. The maximum absolute atomic E-state index is 12.7. The van der Waals surface area contributed by atoms with E-state index in [0.717, 1.165) is 6.33 Å².